The Morgan fingerprint density at radius 1 is 1.17 bits per heavy atom. The molecule has 0 unspecified atom stereocenters. The van der Waals surface area contributed by atoms with Crippen molar-refractivity contribution in [3.8, 4) is 6.07 Å². The smallest absolute Gasteiger partial charge is 0.287 e. The lowest BCUT2D eigenvalue weighted by Gasteiger charge is -2.37. The number of pyridine rings is 1. The number of rotatable bonds is 2. The molecule has 0 bridgehead atoms. The van der Waals surface area contributed by atoms with Gasteiger partial charge in [-0.3, -0.25) is 4.79 Å². The van der Waals surface area contributed by atoms with Crippen molar-refractivity contribution in [3.05, 3.63) is 44.4 Å². The monoisotopic (exact) mass is 364 g/mol. The first kappa shape index (κ1) is 16.6. The third-order valence-electron chi connectivity index (χ3n) is 3.93. The lowest BCUT2D eigenvalue weighted by molar-refractivity contribution is 0.638. The molecule has 0 N–H and O–H groups in total. The van der Waals surface area contributed by atoms with Crippen molar-refractivity contribution in [2.75, 3.05) is 36.0 Å². The van der Waals surface area contributed by atoms with E-state index >= 15 is 0 Å². The Hall–Kier alpha value is -2.30. The fraction of sp³-hybridized carbons (Fsp3) is 0.333. The topological polar surface area (TPSA) is 78.1 Å². The second-order valence-corrected chi connectivity index (χ2v) is 6.17. The molecule has 0 atom stereocenters. The maximum Gasteiger partial charge on any atom is 0.287 e. The Kier molecular flexibility index (Phi) is 4.60. The molecule has 3 heterocycles. The first-order valence-corrected chi connectivity index (χ1v) is 8.04. The summed E-state index contributed by atoms with van der Waals surface area (Å²) in [6.07, 6.45) is 3.11. The largest absolute Gasteiger partial charge is 0.365 e. The Bertz CT molecular complexity index is 867. The van der Waals surface area contributed by atoms with Crippen molar-refractivity contribution in [1.29, 1.82) is 5.26 Å². The van der Waals surface area contributed by atoms with Crippen LogP contribution in [-0.2, 0) is 7.05 Å². The van der Waals surface area contributed by atoms with E-state index in [4.69, 9.17) is 28.5 Å². The third-order valence-corrected chi connectivity index (χ3v) is 4.56. The highest BCUT2D eigenvalue weighted by Gasteiger charge is 2.23. The molecule has 0 radical (unpaired) electrons. The minimum absolute atomic E-state index is 0.176. The number of anilines is 2. The number of hydrogen-bond acceptors (Lipinski definition) is 6. The molecule has 0 amide bonds. The van der Waals surface area contributed by atoms with Gasteiger partial charge in [-0.1, -0.05) is 23.2 Å². The van der Waals surface area contributed by atoms with E-state index in [1.807, 2.05) is 15.9 Å². The van der Waals surface area contributed by atoms with Crippen LogP contribution >= 0.6 is 23.2 Å². The Balaban J connectivity index is 1.76. The number of aryl methyl sites for hydroxylation is 1. The number of piperazine rings is 1. The van der Waals surface area contributed by atoms with E-state index in [9.17, 15) is 4.79 Å². The second-order valence-electron chi connectivity index (χ2n) is 5.39. The Morgan fingerprint density at radius 2 is 1.83 bits per heavy atom. The maximum atomic E-state index is 11.9. The highest BCUT2D eigenvalue weighted by Crippen LogP contribution is 2.27. The van der Waals surface area contributed by atoms with Gasteiger partial charge in [0, 0.05) is 39.4 Å². The van der Waals surface area contributed by atoms with Gasteiger partial charge in [0.1, 0.15) is 16.9 Å². The van der Waals surface area contributed by atoms with Crippen LogP contribution in [0.2, 0.25) is 10.0 Å². The number of hydrogen-bond donors (Lipinski definition) is 0. The molecule has 0 spiro atoms. The Labute approximate surface area is 148 Å². The minimum Gasteiger partial charge on any atom is -0.365 e. The summed E-state index contributed by atoms with van der Waals surface area (Å²) in [5.41, 5.74) is 0.757. The number of nitriles is 1. The van der Waals surface area contributed by atoms with Gasteiger partial charge in [-0.25, -0.2) is 9.67 Å². The van der Waals surface area contributed by atoms with Crippen LogP contribution in [-0.4, -0.2) is 40.9 Å². The van der Waals surface area contributed by atoms with Gasteiger partial charge < -0.3 is 9.80 Å². The van der Waals surface area contributed by atoms with Gasteiger partial charge in [0.15, 0.2) is 0 Å². The van der Waals surface area contributed by atoms with Gasteiger partial charge in [0.2, 0.25) is 0 Å². The van der Waals surface area contributed by atoms with E-state index in [-0.39, 0.29) is 10.6 Å². The molecule has 3 rings (SSSR count). The summed E-state index contributed by atoms with van der Waals surface area (Å²) in [6, 6.07) is 3.62. The standard InChI is InChI=1S/C15H14Cl2N6O/c1-21-15(24)13(17)12(9-20-21)22-2-4-23(5-3-22)14-11(16)6-10(7-18)8-19-14/h6,8-9H,2-5H2,1H3. The van der Waals surface area contributed by atoms with Crippen molar-refractivity contribution < 1.29 is 0 Å². The molecule has 9 heteroatoms. The molecule has 2 aromatic rings. The number of nitrogens with zero attached hydrogens (tertiary/aromatic N) is 6. The molecule has 2 aromatic heterocycles. The van der Waals surface area contributed by atoms with E-state index in [1.165, 1.54) is 10.9 Å². The van der Waals surface area contributed by atoms with Gasteiger partial charge >= 0.3 is 0 Å². The summed E-state index contributed by atoms with van der Waals surface area (Å²) in [5.74, 6) is 0.656. The van der Waals surface area contributed by atoms with Gasteiger partial charge in [-0.2, -0.15) is 10.4 Å². The Morgan fingerprint density at radius 3 is 2.46 bits per heavy atom. The van der Waals surface area contributed by atoms with E-state index in [0.29, 0.717) is 48.3 Å². The van der Waals surface area contributed by atoms with Crippen molar-refractivity contribution in [2.24, 2.45) is 7.05 Å². The molecule has 1 fully saturated rings. The van der Waals surface area contributed by atoms with E-state index < -0.39 is 0 Å². The lowest BCUT2D eigenvalue weighted by atomic mass is 10.2. The summed E-state index contributed by atoms with van der Waals surface area (Å²) < 4.78 is 1.21. The zero-order valence-electron chi connectivity index (χ0n) is 12.9. The average Bonchev–Trinajstić information content (AvgIpc) is 2.60. The molecule has 7 nitrogen and oxygen atoms in total. The predicted octanol–water partition coefficient (Wildman–Crippen LogP) is 1.68. The fourth-order valence-corrected chi connectivity index (χ4v) is 3.18. The maximum absolute atomic E-state index is 11.9. The summed E-state index contributed by atoms with van der Waals surface area (Å²) in [4.78, 5) is 20.2. The molecular formula is C15H14Cl2N6O. The van der Waals surface area contributed by atoms with Gasteiger partial charge in [0.05, 0.1) is 22.5 Å². The summed E-state index contributed by atoms with van der Waals surface area (Å²) in [6.45, 7) is 2.66. The summed E-state index contributed by atoms with van der Waals surface area (Å²) >= 11 is 12.4. The summed E-state index contributed by atoms with van der Waals surface area (Å²) in [5, 5.41) is 13.5. The van der Waals surface area contributed by atoms with Crippen molar-refractivity contribution in [1.82, 2.24) is 14.8 Å². The third kappa shape index (κ3) is 3.03. The molecule has 1 aliphatic rings. The lowest BCUT2D eigenvalue weighted by Crippen LogP contribution is -2.47. The molecule has 0 saturated carbocycles. The molecule has 1 aliphatic heterocycles. The van der Waals surface area contributed by atoms with Gasteiger partial charge in [0.25, 0.3) is 5.56 Å². The van der Waals surface area contributed by atoms with Gasteiger partial charge in [-0.15, -0.1) is 0 Å². The zero-order chi connectivity index (χ0) is 17.3. The van der Waals surface area contributed by atoms with Crippen LogP contribution in [0.5, 0.6) is 0 Å². The van der Waals surface area contributed by atoms with Crippen LogP contribution in [0, 0.1) is 11.3 Å². The van der Waals surface area contributed by atoms with Crippen LogP contribution in [0.15, 0.2) is 23.3 Å². The highest BCUT2D eigenvalue weighted by molar-refractivity contribution is 6.33. The van der Waals surface area contributed by atoms with E-state index in [1.54, 1.807) is 19.3 Å². The molecule has 0 aromatic carbocycles. The van der Waals surface area contributed by atoms with Crippen molar-refractivity contribution >= 4 is 34.7 Å². The van der Waals surface area contributed by atoms with Crippen LogP contribution in [0.25, 0.3) is 0 Å². The molecule has 1 saturated heterocycles. The SMILES string of the molecule is Cn1ncc(N2CCN(c3ncc(C#N)cc3Cl)CC2)c(Cl)c1=O. The zero-order valence-corrected chi connectivity index (χ0v) is 14.4. The van der Waals surface area contributed by atoms with Crippen LogP contribution in [0.1, 0.15) is 5.56 Å². The second kappa shape index (κ2) is 6.67. The molecule has 24 heavy (non-hydrogen) atoms. The number of aromatic nitrogens is 3. The summed E-state index contributed by atoms with van der Waals surface area (Å²) in [7, 11) is 1.56. The van der Waals surface area contributed by atoms with Crippen LogP contribution in [0.4, 0.5) is 11.5 Å². The minimum atomic E-state index is -0.312. The first-order chi connectivity index (χ1) is 11.5. The molecular weight excluding hydrogens is 351 g/mol. The highest BCUT2D eigenvalue weighted by atomic mass is 35.5. The van der Waals surface area contributed by atoms with Crippen molar-refractivity contribution in [3.63, 3.8) is 0 Å². The van der Waals surface area contributed by atoms with Gasteiger partial charge in [-0.05, 0) is 6.07 Å². The molecule has 0 aliphatic carbocycles. The predicted molar refractivity (Wildman–Crippen MR) is 92.9 cm³/mol. The van der Waals surface area contributed by atoms with Crippen LogP contribution in [0.3, 0.4) is 0 Å². The average molecular weight is 365 g/mol. The van der Waals surface area contributed by atoms with E-state index in [0.717, 1.165) is 0 Å². The van der Waals surface area contributed by atoms with Crippen molar-refractivity contribution in [2.45, 2.75) is 0 Å². The quantitative estimate of drug-likeness (QED) is 0.806. The fourth-order valence-electron chi connectivity index (χ4n) is 2.61. The first-order valence-electron chi connectivity index (χ1n) is 7.28. The molecule has 124 valence electrons. The number of halogens is 2. The normalized spacial score (nSPS) is 14.6. The van der Waals surface area contributed by atoms with E-state index in [2.05, 4.69) is 10.1 Å². The van der Waals surface area contributed by atoms with Crippen LogP contribution < -0.4 is 15.4 Å².